The molecule has 0 N–H and O–H groups in total. The molecular weight excluding hydrogens is 284 g/mol. The van der Waals surface area contributed by atoms with Crippen LogP contribution in [-0.2, 0) is 6.42 Å². The molecule has 0 unspecified atom stereocenters. The fourth-order valence-corrected chi connectivity index (χ4v) is 3.36. The SMILES string of the molecule is CC1=CCc2c1ccc(-c1ccccc1C)c2Br. The van der Waals surface area contributed by atoms with E-state index in [0.29, 0.717) is 0 Å². The van der Waals surface area contributed by atoms with Crippen LogP contribution in [0.5, 0.6) is 0 Å². The fourth-order valence-electron chi connectivity index (χ4n) is 2.64. The molecule has 1 heteroatoms. The highest BCUT2D eigenvalue weighted by Gasteiger charge is 2.17. The highest BCUT2D eigenvalue weighted by Crippen LogP contribution is 2.39. The second-order valence-electron chi connectivity index (χ2n) is 4.86. The van der Waals surface area contributed by atoms with Crippen molar-refractivity contribution in [2.75, 3.05) is 0 Å². The third-order valence-electron chi connectivity index (χ3n) is 3.72. The summed E-state index contributed by atoms with van der Waals surface area (Å²) in [5.41, 5.74) is 8.14. The molecule has 0 saturated carbocycles. The fraction of sp³-hybridized carbons (Fsp3) is 0.176. The molecule has 90 valence electrons. The molecular formula is C17H15Br. The van der Waals surface area contributed by atoms with Crippen LogP contribution in [0.1, 0.15) is 23.6 Å². The zero-order chi connectivity index (χ0) is 12.7. The van der Waals surface area contributed by atoms with Crippen molar-refractivity contribution in [3.8, 4) is 11.1 Å². The minimum Gasteiger partial charge on any atom is -0.0765 e. The summed E-state index contributed by atoms with van der Waals surface area (Å²) in [6.07, 6.45) is 3.35. The van der Waals surface area contributed by atoms with Gasteiger partial charge in [-0.2, -0.15) is 0 Å². The van der Waals surface area contributed by atoms with Crippen LogP contribution in [0.25, 0.3) is 16.7 Å². The van der Waals surface area contributed by atoms with Gasteiger partial charge in [-0.15, -0.1) is 0 Å². The van der Waals surface area contributed by atoms with E-state index in [-0.39, 0.29) is 0 Å². The van der Waals surface area contributed by atoms with Crippen LogP contribution in [0.4, 0.5) is 0 Å². The van der Waals surface area contributed by atoms with Gasteiger partial charge in [-0.05, 0) is 69.6 Å². The second kappa shape index (κ2) is 4.40. The maximum Gasteiger partial charge on any atom is 0.0295 e. The maximum absolute atomic E-state index is 3.80. The Morgan fingerprint density at radius 3 is 2.39 bits per heavy atom. The van der Waals surface area contributed by atoms with Crippen molar-refractivity contribution in [2.45, 2.75) is 20.3 Å². The van der Waals surface area contributed by atoms with Gasteiger partial charge in [0.15, 0.2) is 0 Å². The average molecular weight is 299 g/mol. The van der Waals surface area contributed by atoms with E-state index in [2.05, 4.69) is 72.3 Å². The number of aryl methyl sites for hydroxylation is 1. The molecule has 0 fully saturated rings. The highest BCUT2D eigenvalue weighted by atomic mass is 79.9. The van der Waals surface area contributed by atoms with Crippen LogP contribution < -0.4 is 0 Å². The number of fused-ring (bicyclic) bond motifs is 1. The summed E-state index contributed by atoms with van der Waals surface area (Å²) in [6, 6.07) is 13.0. The van der Waals surface area contributed by atoms with Crippen LogP contribution in [0.2, 0.25) is 0 Å². The molecule has 0 radical (unpaired) electrons. The van der Waals surface area contributed by atoms with Crippen molar-refractivity contribution in [3.63, 3.8) is 0 Å². The summed E-state index contributed by atoms with van der Waals surface area (Å²) in [7, 11) is 0. The Morgan fingerprint density at radius 2 is 1.61 bits per heavy atom. The molecule has 1 aliphatic carbocycles. The molecule has 0 heterocycles. The molecule has 0 atom stereocenters. The van der Waals surface area contributed by atoms with E-state index in [4.69, 9.17) is 0 Å². The lowest BCUT2D eigenvalue weighted by Gasteiger charge is -2.12. The zero-order valence-corrected chi connectivity index (χ0v) is 12.2. The Bertz CT molecular complexity index is 651. The molecule has 1 aliphatic rings. The van der Waals surface area contributed by atoms with Gasteiger partial charge in [-0.1, -0.05) is 42.5 Å². The van der Waals surface area contributed by atoms with E-state index in [1.54, 1.807) is 0 Å². The van der Waals surface area contributed by atoms with Gasteiger partial charge in [0, 0.05) is 4.47 Å². The summed E-state index contributed by atoms with van der Waals surface area (Å²) >= 11 is 3.80. The molecule has 0 amide bonds. The highest BCUT2D eigenvalue weighted by molar-refractivity contribution is 9.10. The van der Waals surface area contributed by atoms with Crippen LogP contribution in [0, 0.1) is 6.92 Å². The molecule has 0 aliphatic heterocycles. The Balaban J connectivity index is 2.20. The molecule has 0 bridgehead atoms. The van der Waals surface area contributed by atoms with Gasteiger partial charge in [-0.25, -0.2) is 0 Å². The molecule has 0 aromatic heterocycles. The minimum absolute atomic E-state index is 1.04. The van der Waals surface area contributed by atoms with E-state index in [1.165, 1.54) is 37.9 Å². The van der Waals surface area contributed by atoms with Gasteiger partial charge in [0.25, 0.3) is 0 Å². The molecule has 0 spiro atoms. The Morgan fingerprint density at radius 1 is 0.889 bits per heavy atom. The number of hydrogen-bond acceptors (Lipinski definition) is 0. The summed E-state index contributed by atoms with van der Waals surface area (Å²) in [5, 5.41) is 0. The lowest BCUT2D eigenvalue weighted by molar-refractivity contribution is 1.28. The molecule has 0 nitrogen and oxygen atoms in total. The first-order valence-corrected chi connectivity index (χ1v) is 7.02. The lowest BCUT2D eigenvalue weighted by Crippen LogP contribution is -1.91. The first-order valence-electron chi connectivity index (χ1n) is 6.23. The minimum atomic E-state index is 1.04. The Labute approximate surface area is 116 Å². The maximum atomic E-state index is 3.80. The Hall–Kier alpha value is -1.34. The quantitative estimate of drug-likeness (QED) is 0.663. The summed E-state index contributed by atoms with van der Waals surface area (Å²) < 4.78 is 1.25. The second-order valence-corrected chi connectivity index (χ2v) is 5.65. The molecule has 3 rings (SSSR count). The number of benzene rings is 2. The first kappa shape index (κ1) is 11.7. The van der Waals surface area contributed by atoms with Crippen LogP contribution in [0.15, 0.2) is 46.9 Å². The summed E-state index contributed by atoms with van der Waals surface area (Å²) in [6.45, 7) is 4.35. The average Bonchev–Trinajstić information content (AvgIpc) is 2.74. The number of allylic oxidation sites excluding steroid dienone is 2. The topological polar surface area (TPSA) is 0 Å². The molecule has 2 aromatic rings. The number of halogens is 1. The van der Waals surface area contributed by atoms with Crippen molar-refractivity contribution in [2.24, 2.45) is 0 Å². The predicted molar refractivity (Wildman–Crippen MR) is 81.7 cm³/mol. The van der Waals surface area contributed by atoms with Gasteiger partial charge in [0.1, 0.15) is 0 Å². The van der Waals surface area contributed by atoms with Crippen molar-refractivity contribution < 1.29 is 0 Å². The standard InChI is InChI=1S/C17H15Br/c1-11-5-3-4-6-13(11)16-10-9-14-12(2)7-8-15(14)17(16)18/h3-7,9-10H,8H2,1-2H3. The third-order valence-corrected chi connectivity index (χ3v) is 4.62. The zero-order valence-electron chi connectivity index (χ0n) is 10.6. The summed E-state index contributed by atoms with van der Waals surface area (Å²) in [5.74, 6) is 0. The van der Waals surface area contributed by atoms with Gasteiger partial charge in [0.2, 0.25) is 0 Å². The normalized spacial score (nSPS) is 13.4. The number of hydrogen-bond donors (Lipinski definition) is 0. The van der Waals surface area contributed by atoms with Crippen molar-refractivity contribution in [3.05, 3.63) is 63.6 Å². The van der Waals surface area contributed by atoms with Gasteiger partial charge in [-0.3, -0.25) is 0 Å². The molecule has 2 aromatic carbocycles. The van der Waals surface area contributed by atoms with Gasteiger partial charge < -0.3 is 0 Å². The largest absolute Gasteiger partial charge is 0.0765 e. The number of rotatable bonds is 1. The van der Waals surface area contributed by atoms with Crippen LogP contribution >= 0.6 is 15.9 Å². The molecule has 18 heavy (non-hydrogen) atoms. The van der Waals surface area contributed by atoms with E-state index in [0.717, 1.165) is 6.42 Å². The van der Waals surface area contributed by atoms with Crippen molar-refractivity contribution in [1.82, 2.24) is 0 Å². The smallest absolute Gasteiger partial charge is 0.0295 e. The van der Waals surface area contributed by atoms with E-state index < -0.39 is 0 Å². The summed E-state index contributed by atoms with van der Waals surface area (Å²) in [4.78, 5) is 0. The van der Waals surface area contributed by atoms with Gasteiger partial charge >= 0.3 is 0 Å². The lowest BCUT2D eigenvalue weighted by atomic mass is 9.96. The van der Waals surface area contributed by atoms with Crippen molar-refractivity contribution in [1.29, 1.82) is 0 Å². The first-order chi connectivity index (χ1) is 8.68. The molecule has 0 saturated heterocycles. The van der Waals surface area contributed by atoms with E-state index in [1.807, 2.05) is 0 Å². The monoisotopic (exact) mass is 298 g/mol. The van der Waals surface area contributed by atoms with Crippen LogP contribution in [0.3, 0.4) is 0 Å². The predicted octanol–water partition coefficient (Wildman–Crippen LogP) is 5.38. The Kier molecular flexibility index (Phi) is 2.87. The van der Waals surface area contributed by atoms with Crippen molar-refractivity contribution >= 4 is 21.5 Å². The van der Waals surface area contributed by atoms with E-state index >= 15 is 0 Å². The third kappa shape index (κ3) is 1.74. The van der Waals surface area contributed by atoms with E-state index in [9.17, 15) is 0 Å². The van der Waals surface area contributed by atoms with Crippen LogP contribution in [-0.4, -0.2) is 0 Å². The van der Waals surface area contributed by atoms with Gasteiger partial charge in [0.05, 0.1) is 0 Å².